The van der Waals surface area contributed by atoms with Gasteiger partial charge in [0.05, 0.1) is 6.54 Å². The van der Waals surface area contributed by atoms with E-state index >= 15 is 0 Å². The fourth-order valence-corrected chi connectivity index (χ4v) is 3.14. The highest BCUT2D eigenvalue weighted by molar-refractivity contribution is 5.83. The molecule has 0 aliphatic carbocycles. The minimum atomic E-state index is -1.08. The summed E-state index contributed by atoms with van der Waals surface area (Å²) in [6, 6.07) is 6.85. The number of carboxylic acids is 1. The quantitative estimate of drug-likeness (QED) is 0.886. The Hall–Kier alpha value is -2.57. The summed E-state index contributed by atoms with van der Waals surface area (Å²) in [6.07, 6.45) is -0.932. The smallest absolute Gasteiger partial charge is 0.410 e. The zero-order valence-electron chi connectivity index (χ0n) is 12.8. The molecule has 1 aromatic rings. The van der Waals surface area contributed by atoms with Gasteiger partial charge >= 0.3 is 12.1 Å². The normalized spacial score (nSPS) is 22.8. The summed E-state index contributed by atoms with van der Waals surface area (Å²) in [5, 5.41) is 9.17. The van der Waals surface area contributed by atoms with E-state index in [-0.39, 0.29) is 18.9 Å². The fourth-order valence-electron chi connectivity index (χ4n) is 3.14. The molecule has 1 saturated heterocycles. The molecule has 7 nitrogen and oxygen atoms in total. The Kier molecular flexibility index (Phi) is 3.94. The molecule has 0 radical (unpaired) electrons. The van der Waals surface area contributed by atoms with Gasteiger partial charge in [-0.05, 0) is 11.1 Å². The number of likely N-dealkylation sites (tertiary alicyclic amines) is 1. The molecule has 1 fully saturated rings. The lowest BCUT2D eigenvalue weighted by Gasteiger charge is -2.20. The Balaban J connectivity index is 1.61. The van der Waals surface area contributed by atoms with E-state index in [1.807, 2.05) is 24.3 Å². The molecule has 0 aromatic heterocycles. The molecule has 0 spiro atoms. The van der Waals surface area contributed by atoms with Gasteiger partial charge in [-0.2, -0.15) is 0 Å². The summed E-state index contributed by atoms with van der Waals surface area (Å²) in [4.78, 5) is 37.8. The molecule has 0 bridgehead atoms. The van der Waals surface area contributed by atoms with E-state index in [0.29, 0.717) is 13.1 Å². The van der Waals surface area contributed by atoms with Crippen LogP contribution in [0.15, 0.2) is 24.3 Å². The largest absolute Gasteiger partial charge is 0.480 e. The highest BCUT2D eigenvalue weighted by Crippen LogP contribution is 2.25. The van der Waals surface area contributed by atoms with Crippen LogP contribution in [0, 0.1) is 0 Å². The first-order valence-electron chi connectivity index (χ1n) is 7.48. The lowest BCUT2D eigenvalue weighted by Crippen LogP contribution is -2.39. The van der Waals surface area contributed by atoms with Crippen molar-refractivity contribution in [2.75, 3.05) is 6.54 Å². The number of aliphatic carboxylic acids is 1. The topological polar surface area (TPSA) is 87.2 Å². The second kappa shape index (κ2) is 5.91. The SMILES string of the molecule is CC(=O)N1C[C@H](OC(=O)N2Cc3ccccc3C2)C[C@H]1C(=O)O. The number of hydrogen-bond acceptors (Lipinski definition) is 4. The highest BCUT2D eigenvalue weighted by Gasteiger charge is 2.41. The number of rotatable bonds is 2. The van der Waals surface area contributed by atoms with Crippen molar-refractivity contribution in [1.82, 2.24) is 9.80 Å². The van der Waals surface area contributed by atoms with E-state index in [1.54, 1.807) is 4.90 Å². The number of ether oxygens (including phenoxy) is 1. The van der Waals surface area contributed by atoms with E-state index < -0.39 is 24.2 Å². The lowest BCUT2D eigenvalue weighted by atomic mass is 10.1. The lowest BCUT2D eigenvalue weighted by molar-refractivity contribution is -0.147. The van der Waals surface area contributed by atoms with E-state index in [2.05, 4.69) is 0 Å². The maximum atomic E-state index is 12.3. The standard InChI is InChI=1S/C16H18N2O5/c1-10(19)18-9-13(6-14(18)15(20)21)23-16(22)17-7-11-4-2-3-5-12(11)8-17/h2-5,13-14H,6-9H2,1H3,(H,20,21)/t13-,14+/m1/s1. The molecule has 1 N–H and O–H groups in total. The van der Waals surface area contributed by atoms with E-state index in [4.69, 9.17) is 9.84 Å². The molecule has 122 valence electrons. The van der Waals surface area contributed by atoms with Crippen LogP contribution in [0.5, 0.6) is 0 Å². The van der Waals surface area contributed by atoms with Crippen molar-refractivity contribution in [2.24, 2.45) is 0 Å². The Morgan fingerprint density at radius 3 is 2.26 bits per heavy atom. The fraction of sp³-hybridized carbons (Fsp3) is 0.438. The molecule has 0 unspecified atom stereocenters. The average molecular weight is 318 g/mol. The first-order chi connectivity index (χ1) is 11.0. The van der Waals surface area contributed by atoms with E-state index in [9.17, 15) is 14.4 Å². The van der Waals surface area contributed by atoms with Crippen molar-refractivity contribution in [1.29, 1.82) is 0 Å². The molecule has 7 heteroatoms. The molecular formula is C16H18N2O5. The number of carbonyl (C=O) groups is 3. The molecule has 0 saturated carbocycles. The van der Waals surface area contributed by atoms with Gasteiger partial charge in [-0.1, -0.05) is 24.3 Å². The Labute approximate surface area is 133 Å². The van der Waals surface area contributed by atoms with E-state index in [1.165, 1.54) is 11.8 Å². The summed E-state index contributed by atoms with van der Waals surface area (Å²) >= 11 is 0. The maximum Gasteiger partial charge on any atom is 0.410 e. The van der Waals surface area contributed by atoms with Crippen molar-refractivity contribution in [2.45, 2.75) is 38.6 Å². The Morgan fingerprint density at radius 2 is 1.78 bits per heavy atom. The zero-order chi connectivity index (χ0) is 16.6. The average Bonchev–Trinajstić information content (AvgIpc) is 3.10. The number of carbonyl (C=O) groups excluding carboxylic acids is 2. The van der Waals surface area contributed by atoms with Gasteiger partial charge in [-0.25, -0.2) is 9.59 Å². The maximum absolute atomic E-state index is 12.3. The van der Waals surface area contributed by atoms with Crippen molar-refractivity contribution in [3.63, 3.8) is 0 Å². The third-order valence-electron chi connectivity index (χ3n) is 4.32. The van der Waals surface area contributed by atoms with Gasteiger partial charge in [0.15, 0.2) is 0 Å². The van der Waals surface area contributed by atoms with Gasteiger partial charge in [-0.3, -0.25) is 9.69 Å². The molecule has 2 aliphatic heterocycles. The number of nitrogens with zero attached hydrogens (tertiary/aromatic N) is 2. The summed E-state index contributed by atoms with van der Waals surface area (Å²) in [5.41, 5.74) is 2.18. The molecule has 2 heterocycles. The Morgan fingerprint density at radius 1 is 1.17 bits per heavy atom. The van der Waals surface area contributed by atoms with Gasteiger partial charge in [0.2, 0.25) is 5.91 Å². The molecular weight excluding hydrogens is 300 g/mol. The van der Waals surface area contributed by atoms with Gasteiger partial charge < -0.3 is 14.7 Å². The number of benzene rings is 1. The second-order valence-electron chi connectivity index (χ2n) is 5.89. The van der Waals surface area contributed by atoms with Gasteiger partial charge in [-0.15, -0.1) is 0 Å². The number of fused-ring (bicyclic) bond motifs is 1. The van der Waals surface area contributed by atoms with Crippen LogP contribution >= 0.6 is 0 Å². The van der Waals surface area contributed by atoms with Gasteiger partial charge in [0.1, 0.15) is 12.1 Å². The minimum Gasteiger partial charge on any atom is -0.480 e. The Bertz CT molecular complexity index is 613. The first-order valence-corrected chi connectivity index (χ1v) is 7.48. The van der Waals surface area contributed by atoms with Crippen LogP contribution in [-0.2, 0) is 27.4 Å². The van der Waals surface area contributed by atoms with E-state index in [0.717, 1.165) is 11.1 Å². The highest BCUT2D eigenvalue weighted by atomic mass is 16.6. The van der Waals surface area contributed by atoms with Crippen LogP contribution in [-0.4, -0.2) is 51.6 Å². The van der Waals surface area contributed by atoms with Crippen LogP contribution in [0.1, 0.15) is 24.5 Å². The first kappa shape index (κ1) is 15.3. The summed E-state index contributed by atoms with van der Waals surface area (Å²) in [6.45, 7) is 2.41. The minimum absolute atomic E-state index is 0.124. The van der Waals surface area contributed by atoms with Crippen LogP contribution in [0.4, 0.5) is 4.79 Å². The van der Waals surface area contributed by atoms with Crippen molar-refractivity contribution in [3.05, 3.63) is 35.4 Å². The van der Waals surface area contributed by atoms with Crippen molar-refractivity contribution < 1.29 is 24.2 Å². The molecule has 1 aromatic carbocycles. The van der Waals surface area contributed by atoms with Crippen molar-refractivity contribution in [3.8, 4) is 0 Å². The molecule has 2 aliphatic rings. The van der Waals surface area contributed by atoms with Gasteiger partial charge in [0, 0.05) is 26.4 Å². The number of amides is 2. The molecule has 23 heavy (non-hydrogen) atoms. The molecule has 2 amide bonds. The van der Waals surface area contributed by atoms with Crippen molar-refractivity contribution >= 4 is 18.0 Å². The summed E-state index contributed by atoms with van der Waals surface area (Å²) in [7, 11) is 0. The third kappa shape index (κ3) is 2.99. The second-order valence-corrected chi connectivity index (χ2v) is 5.89. The van der Waals surface area contributed by atoms with Gasteiger partial charge in [0.25, 0.3) is 0 Å². The monoisotopic (exact) mass is 318 g/mol. The predicted molar refractivity (Wildman–Crippen MR) is 79.4 cm³/mol. The van der Waals surface area contributed by atoms with Crippen LogP contribution in [0.25, 0.3) is 0 Å². The number of hydrogen-bond donors (Lipinski definition) is 1. The predicted octanol–water partition coefficient (Wildman–Crippen LogP) is 1.21. The zero-order valence-corrected chi connectivity index (χ0v) is 12.8. The number of carboxylic acid groups (broad SMARTS) is 1. The van der Waals surface area contributed by atoms with Crippen LogP contribution < -0.4 is 0 Å². The molecule has 2 atom stereocenters. The molecule has 3 rings (SSSR count). The summed E-state index contributed by atoms with van der Waals surface area (Å²) < 4.78 is 5.42. The van der Waals surface area contributed by atoms with Crippen LogP contribution in [0.3, 0.4) is 0 Å². The van der Waals surface area contributed by atoms with Crippen LogP contribution in [0.2, 0.25) is 0 Å². The summed E-state index contributed by atoms with van der Waals surface area (Å²) in [5.74, 6) is -1.41. The third-order valence-corrected chi connectivity index (χ3v) is 4.32.